The predicted molar refractivity (Wildman–Crippen MR) is 116 cm³/mol. The molecular formula is C24H26N4O. The van der Waals surface area contributed by atoms with Crippen molar-refractivity contribution in [3.63, 3.8) is 0 Å². The number of imidazole rings is 1. The summed E-state index contributed by atoms with van der Waals surface area (Å²) in [5.74, 6) is 1.67. The number of ether oxygens (including phenoxy) is 1. The van der Waals surface area contributed by atoms with Gasteiger partial charge in [0.15, 0.2) is 0 Å². The van der Waals surface area contributed by atoms with E-state index in [1.165, 1.54) is 16.7 Å². The molecule has 2 aromatic heterocycles. The van der Waals surface area contributed by atoms with Crippen LogP contribution in [0, 0.1) is 13.8 Å². The van der Waals surface area contributed by atoms with Gasteiger partial charge in [0.05, 0.1) is 12.1 Å². The number of aryl methyl sites for hydroxylation is 3. The zero-order valence-electron chi connectivity index (χ0n) is 17.1. The fourth-order valence-electron chi connectivity index (χ4n) is 3.37. The molecule has 2 aromatic carbocycles. The Morgan fingerprint density at radius 1 is 1.00 bits per heavy atom. The highest BCUT2D eigenvalue weighted by molar-refractivity contribution is 5.80. The molecule has 2 heterocycles. The number of nitrogens with zero attached hydrogens (tertiary/aromatic N) is 3. The summed E-state index contributed by atoms with van der Waals surface area (Å²) in [6.45, 7) is 6.05. The van der Waals surface area contributed by atoms with E-state index in [4.69, 9.17) is 9.72 Å². The van der Waals surface area contributed by atoms with E-state index in [-0.39, 0.29) is 0 Å². The predicted octanol–water partition coefficient (Wildman–Crippen LogP) is 4.45. The van der Waals surface area contributed by atoms with Gasteiger partial charge in [-0.05, 0) is 43.2 Å². The van der Waals surface area contributed by atoms with Crippen LogP contribution in [0.15, 0.2) is 60.9 Å². The first-order valence-electron chi connectivity index (χ1n) is 9.84. The Balaban J connectivity index is 1.58. The normalized spacial score (nSPS) is 11.1. The first-order valence-corrected chi connectivity index (χ1v) is 9.84. The molecular weight excluding hydrogens is 360 g/mol. The highest BCUT2D eigenvalue weighted by Gasteiger charge is 2.10. The molecule has 0 atom stereocenters. The largest absolute Gasteiger partial charge is 0.473 e. The zero-order chi connectivity index (χ0) is 20.2. The molecule has 148 valence electrons. The third-order valence-corrected chi connectivity index (χ3v) is 5.15. The maximum absolute atomic E-state index is 6.18. The molecule has 0 saturated heterocycles. The number of rotatable bonds is 7. The van der Waals surface area contributed by atoms with Crippen LogP contribution in [0.4, 0.5) is 0 Å². The standard InChI is InChI=1S/C24H26N4O/c1-17-8-9-22-20(12-17)13-21(14-25-15-23-26-10-11-28(23)3)24(27-22)29-16-19-7-5-4-6-18(19)2/h4-13,25H,14-16H2,1-3H3. The van der Waals surface area contributed by atoms with Crippen LogP contribution in [0.1, 0.15) is 28.1 Å². The highest BCUT2D eigenvalue weighted by Crippen LogP contribution is 2.24. The van der Waals surface area contributed by atoms with Gasteiger partial charge in [0, 0.05) is 36.9 Å². The van der Waals surface area contributed by atoms with E-state index >= 15 is 0 Å². The van der Waals surface area contributed by atoms with Crippen LogP contribution in [0.5, 0.6) is 5.88 Å². The molecule has 1 N–H and O–H groups in total. The minimum Gasteiger partial charge on any atom is -0.473 e. The molecule has 0 radical (unpaired) electrons. The fourth-order valence-corrected chi connectivity index (χ4v) is 3.37. The molecule has 0 unspecified atom stereocenters. The number of benzene rings is 2. The van der Waals surface area contributed by atoms with Crippen molar-refractivity contribution in [2.45, 2.75) is 33.5 Å². The number of nitrogens with one attached hydrogen (secondary N) is 1. The van der Waals surface area contributed by atoms with Gasteiger partial charge in [0.1, 0.15) is 12.4 Å². The summed E-state index contributed by atoms with van der Waals surface area (Å²) in [6, 6.07) is 16.8. The minimum absolute atomic E-state index is 0.503. The third-order valence-electron chi connectivity index (χ3n) is 5.15. The van der Waals surface area contributed by atoms with Crippen LogP contribution in [0.2, 0.25) is 0 Å². The van der Waals surface area contributed by atoms with Gasteiger partial charge in [-0.25, -0.2) is 9.97 Å². The van der Waals surface area contributed by atoms with Crippen LogP contribution < -0.4 is 10.1 Å². The number of hydrogen-bond donors (Lipinski definition) is 1. The van der Waals surface area contributed by atoms with Gasteiger partial charge in [-0.15, -0.1) is 0 Å². The third kappa shape index (κ3) is 4.46. The lowest BCUT2D eigenvalue weighted by Crippen LogP contribution is -2.17. The molecule has 4 rings (SSSR count). The Labute approximate surface area is 171 Å². The quantitative estimate of drug-likeness (QED) is 0.510. The summed E-state index contributed by atoms with van der Waals surface area (Å²) in [5, 5.41) is 4.60. The summed E-state index contributed by atoms with van der Waals surface area (Å²) >= 11 is 0. The Hall–Kier alpha value is -3.18. The van der Waals surface area contributed by atoms with Gasteiger partial charge in [-0.1, -0.05) is 35.9 Å². The molecule has 4 aromatic rings. The van der Waals surface area contributed by atoms with Gasteiger partial charge in [0.25, 0.3) is 0 Å². The van der Waals surface area contributed by atoms with Crippen molar-refractivity contribution in [3.05, 3.63) is 89.0 Å². The maximum Gasteiger partial charge on any atom is 0.218 e. The zero-order valence-corrected chi connectivity index (χ0v) is 17.1. The number of hydrogen-bond acceptors (Lipinski definition) is 4. The summed E-state index contributed by atoms with van der Waals surface area (Å²) in [7, 11) is 2.00. The van der Waals surface area contributed by atoms with Crippen molar-refractivity contribution in [2.75, 3.05) is 0 Å². The van der Waals surface area contributed by atoms with E-state index < -0.39 is 0 Å². The average Bonchev–Trinajstić information content (AvgIpc) is 3.12. The second kappa shape index (κ2) is 8.45. The van der Waals surface area contributed by atoms with Crippen molar-refractivity contribution in [2.24, 2.45) is 7.05 Å². The lowest BCUT2D eigenvalue weighted by Gasteiger charge is -2.14. The highest BCUT2D eigenvalue weighted by atomic mass is 16.5. The first kappa shape index (κ1) is 19.2. The van der Waals surface area contributed by atoms with Gasteiger partial charge in [-0.2, -0.15) is 0 Å². The molecule has 0 aliphatic rings. The topological polar surface area (TPSA) is 52.0 Å². The average molecular weight is 386 g/mol. The number of fused-ring (bicyclic) bond motifs is 1. The van der Waals surface area contributed by atoms with Crippen LogP contribution in [-0.2, 0) is 26.7 Å². The SMILES string of the molecule is Cc1ccc2nc(OCc3ccccc3C)c(CNCc3nccn3C)cc2c1. The van der Waals surface area contributed by atoms with Crippen molar-refractivity contribution in [3.8, 4) is 5.88 Å². The van der Waals surface area contributed by atoms with Crippen LogP contribution in [-0.4, -0.2) is 14.5 Å². The van der Waals surface area contributed by atoms with E-state index in [1.54, 1.807) is 0 Å². The Kier molecular flexibility index (Phi) is 5.58. The van der Waals surface area contributed by atoms with Crippen LogP contribution in [0.3, 0.4) is 0 Å². The minimum atomic E-state index is 0.503. The van der Waals surface area contributed by atoms with Crippen LogP contribution >= 0.6 is 0 Å². The fraction of sp³-hybridized carbons (Fsp3) is 0.250. The smallest absolute Gasteiger partial charge is 0.218 e. The molecule has 0 saturated carbocycles. The van der Waals surface area contributed by atoms with Crippen LogP contribution in [0.25, 0.3) is 10.9 Å². The monoisotopic (exact) mass is 386 g/mol. The Morgan fingerprint density at radius 3 is 2.66 bits per heavy atom. The van der Waals surface area contributed by atoms with Crippen molar-refractivity contribution in [1.82, 2.24) is 19.9 Å². The second-order valence-electron chi connectivity index (χ2n) is 7.42. The summed E-state index contributed by atoms with van der Waals surface area (Å²) in [6.07, 6.45) is 3.77. The lowest BCUT2D eigenvalue weighted by atomic mass is 10.1. The van der Waals surface area contributed by atoms with Crippen molar-refractivity contribution in [1.29, 1.82) is 0 Å². The molecule has 0 aliphatic heterocycles. The lowest BCUT2D eigenvalue weighted by molar-refractivity contribution is 0.290. The van der Waals surface area contributed by atoms with Gasteiger partial charge in [0.2, 0.25) is 5.88 Å². The van der Waals surface area contributed by atoms with Gasteiger partial charge in [-0.3, -0.25) is 0 Å². The van der Waals surface area contributed by atoms with E-state index in [0.717, 1.165) is 22.3 Å². The molecule has 0 amide bonds. The van der Waals surface area contributed by atoms with E-state index in [1.807, 2.05) is 36.1 Å². The molecule has 0 bridgehead atoms. The molecule has 29 heavy (non-hydrogen) atoms. The molecule has 0 aliphatic carbocycles. The summed E-state index contributed by atoms with van der Waals surface area (Å²) in [5.41, 5.74) is 5.61. The first-order chi connectivity index (χ1) is 14.1. The Bertz CT molecular complexity index is 1130. The van der Waals surface area contributed by atoms with E-state index in [0.29, 0.717) is 25.6 Å². The second-order valence-corrected chi connectivity index (χ2v) is 7.42. The number of pyridine rings is 1. The number of aromatic nitrogens is 3. The van der Waals surface area contributed by atoms with Crippen molar-refractivity contribution >= 4 is 10.9 Å². The molecule has 5 heteroatoms. The van der Waals surface area contributed by atoms with E-state index in [2.05, 4.69) is 60.5 Å². The van der Waals surface area contributed by atoms with E-state index in [9.17, 15) is 0 Å². The molecule has 5 nitrogen and oxygen atoms in total. The van der Waals surface area contributed by atoms with Gasteiger partial charge >= 0.3 is 0 Å². The van der Waals surface area contributed by atoms with Gasteiger partial charge < -0.3 is 14.6 Å². The molecule has 0 fully saturated rings. The molecule has 0 spiro atoms. The maximum atomic E-state index is 6.18. The summed E-state index contributed by atoms with van der Waals surface area (Å²) < 4.78 is 8.20. The Morgan fingerprint density at radius 2 is 1.86 bits per heavy atom. The summed E-state index contributed by atoms with van der Waals surface area (Å²) in [4.78, 5) is 9.18. The van der Waals surface area contributed by atoms with Crippen molar-refractivity contribution < 1.29 is 4.74 Å².